The van der Waals surface area contributed by atoms with Crippen molar-refractivity contribution in [1.82, 2.24) is 0 Å². The van der Waals surface area contributed by atoms with Gasteiger partial charge in [0.25, 0.3) is 0 Å². The molecule has 0 bridgehead atoms. The lowest BCUT2D eigenvalue weighted by Crippen LogP contribution is -2.51. The van der Waals surface area contributed by atoms with Crippen LogP contribution in [0.4, 0.5) is 11.4 Å². The summed E-state index contributed by atoms with van der Waals surface area (Å²) < 4.78 is 26.6. The number of benzene rings is 4. The number of hydrogen-bond acceptors (Lipinski definition) is 15. The fraction of sp³-hybridized carbons (Fsp3) is 0.450. The minimum absolute atomic E-state index is 0. The number of nitrogen functional groups attached to an aromatic ring is 2. The summed E-state index contributed by atoms with van der Waals surface area (Å²) in [6, 6.07) is 29.6. The van der Waals surface area contributed by atoms with E-state index in [-0.39, 0.29) is 104 Å². The SMILES string of the molecule is C.C.CCc1ccc(C2C(C(=O)OC)C(c3ccc(CC(=O)CC(C)=O)cc3)C2C(=O)OC)cc1.COC(=O)C1C(c2ccc(N)cc2)C(C(=O)OC)C1c1ccc(N)cc1.O=C(Cl)CCCCCCC(=O)Cl.[2H]CC(C)=O. The van der Waals surface area contributed by atoms with Crippen LogP contribution in [-0.2, 0) is 74.9 Å². The fourth-order valence-electron chi connectivity index (χ4n) is 9.59. The summed E-state index contributed by atoms with van der Waals surface area (Å²) in [5.41, 5.74) is 18.1. The highest BCUT2D eigenvalue weighted by Gasteiger charge is 2.60. The Morgan fingerprint density at radius 2 is 0.753 bits per heavy atom. The summed E-state index contributed by atoms with van der Waals surface area (Å²) in [4.78, 5) is 104. The number of methoxy groups -OCH3 is 4. The van der Waals surface area contributed by atoms with Gasteiger partial charge in [-0.2, -0.15) is 0 Å². The molecule has 2 aliphatic rings. The van der Waals surface area contributed by atoms with E-state index in [1.165, 1.54) is 47.9 Å². The first-order valence-corrected chi connectivity index (χ1v) is 25.3. The standard InChI is InChI=1S/C27H30O6.C20H22N2O4.C8H12Cl2O2.C3H6O.2CH4/c1-5-17-6-10-19(11-7-17)22-24(26(30)32-3)23(25(22)27(31)33-4)20-12-8-18(9-13-20)15-21(29)14-16(2)28;1-25-19(23)17-15(11-3-7-13(21)8-4-11)18(20(24)26-2)16(17)12-5-9-14(22)10-6-12;9-7(11)5-3-1-2-4-6-8(10)12;1-3(2)4;;/h6-13,22-25H,5,14-15H2,1-4H3;3-10,15-18H,21-22H2,1-2H3;1-6H2;1-2H3;2*1H4/i;;;1D;;. The second-order valence-electron chi connectivity index (χ2n) is 18.4. The van der Waals surface area contributed by atoms with Crippen molar-refractivity contribution < 1.29 is 63.5 Å². The lowest BCUT2D eigenvalue weighted by Gasteiger charge is -2.49. The Hall–Kier alpha value is -6.71. The molecule has 2 saturated carbocycles. The number of carbonyl (C=O) groups is 9. The lowest BCUT2D eigenvalue weighted by molar-refractivity contribution is -0.165. The normalized spacial score (nSPS) is 19.5. The minimum Gasteiger partial charge on any atom is -0.469 e. The van der Waals surface area contributed by atoms with Crippen molar-refractivity contribution >= 4 is 86.3 Å². The summed E-state index contributed by atoms with van der Waals surface area (Å²) in [7, 11) is 5.42. The molecule has 0 radical (unpaired) electrons. The first-order valence-electron chi connectivity index (χ1n) is 25.2. The summed E-state index contributed by atoms with van der Waals surface area (Å²) in [6.07, 6.45) is 5.31. The molecule has 6 rings (SSSR count). The quantitative estimate of drug-likeness (QED) is 0.0209. The number of Topliss-reactive ketones (excluding diaryl/α,β-unsaturated/α-hetero) is 3. The van der Waals surface area contributed by atoms with Crippen molar-refractivity contribution in [3.63, 3.8) is 0 Å². The fourth-order valence-corrected chi connectivity index (χ4v) is 9.86. The third kappa shape index (κ3) is 20.3. The molecular weight excluding hydrogens is 1030 g/mol. The molecule has 17 heteroatoms. The van der Waals surface area contributed by atoms with Gasteiger partial charge in [0.1, 0.15) is 17.3 Å². The summed E-state index contributed by atoms with van der Waals surface area (Å²) in [6.45, 7) is 4.77. The van der Waals surface area contributed by atoms with E-state index < -0.39 is 29.6 Å². The van der Waals surface area contributed by atoms with Crippen LogP contribution in [0.5, 0.6) is 0 Å². The second-order valence-corrected chi connectivity index (χ2v) is 19.2. The molecule has 2 unspecified atom stereocenters. The average Bonchev–Trinajstić information content (AvgIpc) is 3.40. The minimum atomic E-state index is -0.531. The molecule has 4 aromatic carbocycles. The molecule has 0 heterocycles. The van der Waals surface area contributed by atoms with Crippen molar-refractivity contribution in [2.45, 2.75) is 124 Å². The summed E-state index contributed by atoms with van der Waals surface area (Å²) in [5, 5.41) is -0.577. The van der Waals surface area contributed by atoms with Crippen LogP contribution in [0.1, 0.15) is 146 Å². The van der Waals surface area contributed by atoms with Gasteiger partial charge in [0.05, 0.1) is 58.5 Å². The zero-order valence-electron chi connectivity index (χ0n) is 44.6. The lowest BCUT2D eigenvalue weighted by atomic mass is 9.52. The smallest absolute Gasteiger partial charge is 0.309 e. The van der Waals surface area contributed by atoms with Crippen molar-refractivity contribution in [3.8, 4) is 0 Å². The maximum atomic E-state index is 12.8. The Labute approximate surface area is 465 Å². The first kappa shape index (κ1) is 66.4. The van der Waals surface area contributed by atoms with Gasteiger partial charge in [0.2, 0.25) is 10.5 Å². The number of aryl methyl sites for hydroxylation is 1. The van der Waals surface area contributed by atoms with E-state index in [1.54, 1.807) is 36.4 Å². The van der Waals surface area contributed by atoms with Gasteiger partial charge in [-0.1, -0.05) is 107 Å². The van der Waals surface area contributed by atoms with Crippen molar-refractivity contribution in [2.24, 2.45) is 23.7 Å². The van der Waals surface area contributed by atoms with Gasteiger partial charge < -0.3 is 35.2 Å². The molecule has 0 aliphatic heterocycles. The predicted octanol–water partition coefficient (Wildman–Crippen LogP) is 10.8. The van der Waals surface area contributed by atoms with E-state index in [9.17, 15) is 43.2 Å². The highest BCUT2D eigenvalue weighted by atomic mass is 35.5. The Morgan fingerprint density at radius 1 is 0.481 bits per heavy atom. The zero-order chi connectivity index (χ0) is 56.6. The number of ether oxygens (including phenoxy) is 4. The number of ketones is 3. The highest BCUT2D eigenvalue weighted by molar-refractivity contribution is 6.63. The molecule has 2 fully saturated rings. The first-order chi connectivity index (χ1) is 36.2. The molecule has 0 saturated heterocycles. The van der Waals surface area contributed by atoms with E-state index in [2.05, 4.69) is 6.92 Å². The Morgan fingerprint density at radius 3 is 0.987 bits per heavy atom. The Kier molecular flexibility index (Phi) is 29.4. The van der Waals surface area contributed by atoms with Crippen LogP contribution >= 0.6 is 23.2 Å². The highest BCUT2D eigenvalue weighted by Crippen LogP contribution is 2.59. The van der Waals surface area contributed by atoms with Crippen LogP contribution in [-0.4, -0.2) is 80.2 Å². The van der Waals surface area contributed by atoms with Crippen LogP contribution in [0, 0.1) is 23.7 Å². The zero-order valence-corrected chi connectivity index (χ0v) is 45.2. The maximum absolute atomic E-state index is 12.8. The van der Waals surface area contributed by atoms with Gasteiger partial charge in [-0.15, -0.1) is 0 Å². The van der Waals surface area contributed by atoms with Gasteiger partial charge in [0.15, 0.2) is 0 Å². The van der Waals surface area contributed by atoms with Gasteiger partial charge in [0, 0.05) is 55.7 Å². The average molecular weight is 1110 g/mol. The monoisotopic (exact) mass is 1110 g/mol. The van der Waals surface area contributed by atoms with Gasteiger partial charge >= 0.3 is 23.9 Å². The van der Waals surface area contributed by atoms with Gasteiger partial charge in [-0.05, 0) is 121 Å². The maximum Gasteiger partial charge on any atom is 0.309 e. The number of halogens is 2. The van der Waals surface area contributed by atoms with Crippen LogP contribution in [0.25, 0.3) is 0 Å². The number of hydrogen-bond donors (Lipinski definition) is 2. The number of nitrogens with two attached hydrogens (primary N) is 2. The molecule has 0 amide bonds. The molecule has 4 N–H and O–H groups in total. The van der Waals surface area contributed by atoms with E-state index in [1.807, 2.05) is 60.7 Å². The van der Waals surface area contributed by atoms with Crippen molar-refractivity contribution in [2.75, 3.05) is 39.9 Å². The van der Waals surface area contributed by atoms with E-state index in [0.29, 0.717) is 24.2 Å². The predicted molar refractivity (Wildman–Crippen MR) is 300 cm³/mol. The molecule has 0 aromatic heterocycles. The third-order valence-corrected chi connectivity index (χ3v) is 13.5. The summed E-state index contributed by atoms with van der Waals surface area (Å²) >= 11 is 10.3. The molecule has 0 spiro atoms. The van der Waals surface area contributed by atoms with Crippen molar-refractivity contribution in [1.29, 1.82) is 0 Å². The number of carbonyl (C=O) groups excluding carboxylic acids is 9. The van der Waals surface area contributed by atoms with Crippen LogP contribution in [0.2, 0.25) is 0 Å². The third-order valence-electron chi connectivity index (χ3n) is 13.1. The second kappa shape index (κ2) is 34.1. The van der Waals surface area contributed by atoms with Crippen LogP contribution < -0.4 is 11.5 Å². The van der Waals surface area contributed by atoms with Gasteiger partial charge in [-0.3, -0.25) is 38.4 Å². The Balaban J connectivity index is 0.000000600. The summed E-state index contributed by atoms with van der Waals surface area (Å²) in [5.74, 6) is -5.29. The number of esters is 4. The topological polar surface area (TPSA) is 243 Å². The molecule has 4 aromatic rings. The molecule has 420 valence electrons. The number of unbranched alkanes of at least 4 members (excludes halogenated alkanes) is 3. The number of rotatable bonds is 20. The molecule has 15 nitrogen and oxygen atoms in total. The largest absolute Gasteiger partial charge is 0.469 e. The molecule has 77 heavy (non-hydrogen) atoms. The van der Waals surface area contributed by atoms with E-state index in [4.69, 9.17) is 55.0 Å². The van der Waals surface area contributed by atoms with E-state index >= 15 is 0 Å². The molecule has 2 atom stereocenters. The van der Waals surface area contributed by atoms with E-state index in [0.717, 1.165) is 59.9 Å². The van der Waals surface area contributed by atoms with Gasteiger partial charge in [-0.25, -0.2) is 0 Å². The van der Waals surface area contributed by atoms with Crippen LogP contribution in [0.15, 0.2) is 97.1 Å². The Bertz CT molecular complexity index is 2470. The molecule has 2 aliphatic carbocycles. The van der Waals surface area contributed by atoms with Crippen LogP contribution in [0.3, 0.4) is 0 Å². The molecular formula is C60H78Cl2N2O13. The number of anilines is 2. The van der Waals surface area contributed by atoms with Crippen molar-refractivity contribution in [3.05, 3.63) is 130 Å².